The summed E-state index contributed by atoms with van der Waals surface area (Å²) < 4.78 is 17.7. The van der Waals surface area contributed by atoms with Gasteiger partial charge in [0.1, 0.15) is 30.5 Å². The summed E-state index contributed by atoms with van der Waals surface area (Å²) in [4.78, 5) is 16.4. The first-order chi connectivity index (χ1) is 16.1. The van der Waals surface area contributed by atoms with E-state index in [1.54, 1.807) is 19.1 Å². The topological polar surface area (TPSA) is 107 Å². The van der Waals surface area contributed by atoms with Crippen LogP contribution in [0.2, 0.25) is 0 Å². The van der Waals surface area contributed by atoms with Crippen LogP contribution in [0.25, 0.3) is 10.1 Å². The average Bonchev–Trinajstić information content (AvgIpc) is 3.27. The van der Waals surface area contributed by atoms with Gasteiger partial charge < -0.3 is 19.9 Å². The Balaban J connectivity index is 1.45. The van der Waals surface area contributed by atoms with Gasteiger partial charge in [-0.3, -0.25) is 0 Å². The van der Waals surface area contributed by atoms with Crippen LogP contribution in [-0.2, 0) is 18.0 Å². The second-order valence-corrected chi connectivity index (χ2v) is 7.98. The minimum Gasteiger partial charge on any atom is -0.489 e. The molecule has 0 spiro atoms. The molecule has 0 radical (unpaired) electrons. The van der Waals surface area contributed by atoms with Crippen LogP contribution in [-0.4, -0.2) is 17.6 Å². The number of nitrogen functional groups attached to an aromatic ring is 1. The van der Waals surface area contributed by atoms with Crippen molar-refractivity contribution >= 4 is 33.2 Å². The summed E-state index contributed by atoms with van der Waals surface area (Å²) in [5.74, 6) is 1.23. The molecule has 0 unspecified atom stereocenters. The number of esters is 1. The number of rotatable bonds is 8. The first-order valence-corrected chi connectivity index (χ1v) is 11.1. The van der Waals surface area contributed by atoms with E-state index in [0.717, 1.165) is 15.8 Å². The smallest absolute Gasteiger partial charge is 0.341 e. The van der Waals surface area contributed by atoms with E-state index in [-0.39, 0.29) is 13.2 Å². The standard InChI is InChI=1S/C25H21N3O4S/c1-2-30-25(29)21-12-28-24(27)22-18(15-33-23(21)22)14-32-20-5-3-4-19(10-20)31-13-17-8-6-16(11-26)7-9-17/h3-10,12,15H,2,13-14H2,1H3,(H2,27,28). The van der Waals surface area contributed by atoms with Gasteiger partial charge in [-0.1, -0.05) is 18.2 Å². The molecule has 0 saturated carbocycles. The lowest BCUT2D eigenvalue weighted by atomic mass is 10.1. The van der Waals surface area contributed by atoms with Gasteiger partial charge in [0.2, 0.25) is 0 Å². The fourth-order valence-electron chi connectivity index (χ4n) is 3.25. The largest absolute Gasteiger partial charge is 0.489 e. The summed E-state index contributed by atoms with van der Waals surface area (Å²) in [6, 6.07) is 16.7. The van der Waals surface area contributed by atoms with E-state index < -0.39 is 5.97 Å². The van der Waals surface area contributed by atoms with Crippen molar-refractivity contribution in [3.63, 3.8) is 0 Å². The van der Waals surface area contributed by atoms with Crippen LogP contribution >= 0.6 is 11.3 Å². The molecule has 166 valence electrons. The van der Waals surface area contributed by atoms with Gasteiger partial charge in [-0.25, -0.2) is 9.78 Å². The average molecular weight is 460 g/mol. The first kappa shape index (κ1) is 22.1. The summed E-state index contributed by atoms with van der Waals surface area (Å²) in [5.41, 5.74) is 8.92. The van der Waals surface area contributed by atoms with Crippen LogP contribution in [0.3, 0.4) is 0 Å². The molecule has 0 amide bonds. The van der Waals surface area contributed by atoms with Gasteiger partial charge in [0, 0.05) is 23.2 Å². The number of thiophene rings is 1. The number of aromatic nitrogens is 1. The SMILES string of the molecule is CCOC(=O)c1cnc(N)c2c(COc3cccc(OCc4ccc(C#N)cc4)c3)csc12. The summed E-state index contributed by atoms with van der Waals surface area (Å²) >= 11 is 1.41. The van der Waals surface area contributed by atoms with Crippen LogP contribution in [0.15, 0.2) is 60.1 Å². The molecule has 8 heteroatoms. The van der Waals surface area contributed by atoms with Crippen LogP contribution < -0.4 is 15.2 Å². The molecular formula is C25H21N3O4S. The number of carbonyl (C=O) groups is 1. The van der Waals surface area contributed by atoms with Crippen molar-refractivity contribution in [1.29, 1.82) is 5.26 Å². The van der Waals surface area contributed by atoms with Crippen LogP contribution in [0.1, 0.15) is 34.0 Å². The molecule has 0 aliphatic rings. The van der Waals surface area contributed by atoms with E-state index in [2.05, 4.69) is 11.1 Å². The lowest BCUT2D eigenvalue weighted by molar-refractivity contribution is 0.0528. The van der Waals surface area contributed by atoms with Crippen molar-refractivity contribution in [1.82, 2.24) is 4.98 Å². The zero-order valence-electron chi connectivity index (χ0n) is 17.9. The maximum absolute atomic E-state index is 12.2. The van der Waals surface area contributed by atoms with Crippen LogP contribution in [0, 0.1) is 11.3 Å². The molecule has 0 fully saturated rings. The highest BCUT2D eigenvalue weighted by Gasteiger charge is 2.18. The minimum atomic E-state index is -0.420. The van der Waals surface area contributed by atoms with E-state index in [4.69, 9.17) is 25.2 Å². The van der Waals surface area contributed by atoms with E-state index in [9.17, 15) is 4.79 Å². The number of hydrogen-bond acceptors (Lipinski definition) is 8. The number of carbonyl (C=O) groups excluding carboxylic acids is 1. The van der Waals surface area contributed by atoms with Gasteiger partial charge in [0.25, 0.3) is 0 Å². The van der Waals surface area contributed by atoms with E-state index in [1.807, 2.05) is 41.8 Å². The highest BCUT2D eigenvalue weighted by atomic mass is 32.1. The van der Waals surface area contributed by atoms with Crippen molar-refractivity contribution in [3.8, 4) is 17.6 Å². The van der Waals surface area contributed by atoms with Gasteiger partial charge in [-0.2, -0.15) is 5.26 Å². The summed E-state index contributed by atoms with van der Waals surface area (Å²) in [6.07, 6.45) is 1.45. The quantitative estimate of drug-likeness (QED) is 0.366. The predicted molar refractivity (Wildman–Crippen MR) is 126 cm³/mol. The molecule has 2 aromatic heterocycles. The Morgan fingerprint density at radius 1 is 1.12 bits per heavy atom. The number of pyridine rings is 1. The Hall–Kier alpha value is -4.09. The molecule has 0 atom stereocenters. The molecule has 0 saturated heterocycles. The second-order valence-electron chi connectivity index (χ2n) is 7.10. The van der Waals surface area contributed by atoms with Gasteiger partial charge in [0.05, 0.1) is 28.5 Å². The van der Waals surface area contributed by atoms with E-state index in [1.165, 1.54) is 17.5 Å². The number of hydrogen-bond donors (Lipinski definition) is 1. The number of nitrogens with zero attached hydrogens (tertiary/aromatic N) is 2. The fraction of sp³-hybridized carbons (Fsp3) is 0.160. The highest BCUT2D eigenvalue weighted by molar-refractivity contribution is 7.17. The molecule has 33 heavy (non-hydrogen) atoms. The fourth-order valence-corrected chi connectivity index (χ4v) is 4.31. The second kappa shape index (κ2) is 10.0. The minimum absolute atomic E-state index is 0.261. The zero-order valence-corrected chi connectivity index (χ0v) is 18.7. The molecule has 4 rings (SSSR count). The van der Waals surface area contributed by atoms with Gasteiger partial charge in [-0.05, 0) is 42.1 Å². The van der Waals surface area contributed by atoms with Crippen LogP contribution in [0.4, 0.5) is 5.82 Å². The van der Waals surface area contributed by atoms with Crippen molar-refractivity contribution in [2.75, 3.05) is 12.3 Å². The van der Waals surface area contributed by atoms with Crippen molar-refractivity contribution in [3.05, 3.63) is 82.4 Å². The van der Waals surface area contributed by atoms with Crippen LogP contribution in [0.5, 0.6) is 11.5 Å². The number of nitrogens with two attached hydrogens (primary N) is 1. The molecule has 2 heterocycles. The molecule has 0 bridgehead atoms. The lowest BCUT2D eigenvalue weighted by Gasteiger charge is -2.10. The Kier molecular flexibility index (Phi) is 6.72. The Labute approximate surface area is 195 Å². The molecular weight excluding hydrogens is 438 g/mol. The Bertz CT molecular complexity index is 1330. The predicted octanol–water partition coefficient (Wildman–Crippen LogP) is 5.08. The lowest BCUT2D eigenvalue weighted by Crippen LogP contribution is -2.06. The molecule has 2 N–H and O–H groups in total. The third-order valence-corrected chi connectivity index (χ3v) is 5.95. The van der Waals surface area contributed by atoms with E-state index >= 15 is 0 Å². The Morgan fingerprint density at radius 3 is 2.55 bits per heavy atom. The molecule has 2 aromatic carbocycles. The maximum Gasteiger partial charge on any atom is 0.341 e. The number of anilines is 1. The molecule has 4 aromatic rings. The molecule has 0 aliphatic heterocycles. The highest BCUT2D eigenvalue weighted by Crippen LogP contribution is 2.33. The van der Waals surface area contributed by atoms with Gasteiger partial charge >= 0.3 is 5.97 Å². The normalized spacial score (nSPS) is 10.5. The number of fused-ring (bicyclic) bond motifs is 1. The zero-order chi connectivity index (χ0) is 23.2. The third-order valence-electron chi connectivity index (χ3n) is 4.88. The van der Waals surface area contributed by atoms with Crippen molar-refractivity contribution in [2.45, 2.75) is 20.1 Å². The Morgan fingerprint density at radius 2 is 1.85 bits per heavy atom. The van der Waals surface area contributed by atoms with Crippen molar-refractivity contribution in [2.24, 2.45) is 0 Å². The van der Waals surface area contributed by atoms with Gasteiger partial charge in [-0.15, -0.1) is 11.3 Å². The first-order valence-electron chi connectivity index (χ1n) is 10.3. The van der Waals surface area contributed by atoms with Gasteiger partial charge in [0.15, 0.2) is 0 Å². The summed E-state index contributed by atoms with van der Waals surface area (Å²) in [7, 11) is 0. The summed E-state index contributed by atoms with van der Waals surface area (Å²) in [5, 5.41) is 11.5. The summed E-state index contributed by atoms with van der Waals surface area (Å²) in [6.45, 7) is 2.69. The molecule has 0 aliphatic carbocycles. The monoisotopic (exact) mass is 459 g/mol. The number of ether oxygens (including phenoxy) is 3. The van der Waals surface area contributed by atoms with Crippen molar-refractivity contribution < 1.29 is 19.0 Å². The maximum atomic E-state index is 12.2. The number of benzene rings is 2. The molecule has 7 nitrogen and oxygen atoms in total. The third kappa shape index (κ3) is 5.05. The number of nitriles is 1. The van der Waals surface area contributed by atoms with E-state index in [0.29, 0.717) is 40.4 Å².